The summed E-state index contributed by atoms with van der Waals surface area (Å²) in [5.41, 5.74) is 0.731. The molecule has 2 fully saturated rings. The molecule has 2 saturated heterocycles. The Labute approximate surface area is 225 Å². The summed E-state index contributed by atoms with van der Waals surface area (Å²) in [6.07, 6.45) is -2.44. The molecule has 2 aromatic rings. The molecule has 39 heavy (non-hydrogen) atoms. The molecule has 2 heterocycles. The highest BCUT2D eigenvalue weighted by Gasteiger charge is 2.42. The summed E-state index contributed by atoms with van der Waals surface area (Å²) in [6.45, 7) is 3.35. The van der Waals surface area contributed by atoms with Crippen molar-refractivity contribution in [2.75, 3.05) is 6.61 Å². The van der Waals surface area contributed by atoms with Crippen LogP contribution >= 0.6 is 0 Å². The second-order valence-corrected chi connectivity index (χ2v) is 9.88. The zero-order valence-electron chi connectivity index (χ0n) is 21.7. The highest BCUT2D eigenvalue weighted by molar-refractivity contribution is 6.00. The van der Waals surface area contributed by atoms with Crippen LogP contribution in [-0.4, -0.2) is 76.9 Å². The van der Waals surface area contributed by atoms with E-state index in [2.05, 4.69) is 16.0 Å². The molecular formula is C28H33N3O8. The van der Waals surface area contributed by atoms with Gasteiger partial charge in [-0.15, -0.1) is 0 Å². The lowest BCUT2D eigenvalue weighted by molar-refractivity contribution is -0.166. The van der Waals surface area contributed by atoms with Gasteiger partial charge in [-0.05, 0) is 37.5 Å². The first-order valence-electron chi connectivity index (χ1n) is 12.9. The zero-order chi connectivity index (χ0) is 28.1. The quantitative estimate of drug-likeness (QED) is 0.342. The summed E-state index contributed by atoms with van der Waals surface area (Å²) in [4.78, 5) is 52.8. The van der Waals surface area contributed by atoms with E-state index in [4.69, 9.17) is 9.47 Å². The largest absolute Gasteiger partial charge is 0.507 e. The lowest BCUT2D eigenvalue weighted by Crippen LogP contribution is -2.62. The van der Waals surface area contributed by atoms with Crippen LogP contribution in [0.3, 0.4) is 0 Å². The molecule has 0 aromatic heterocycles. The van der Waals surface area contributed by atoms with Gasteiger partial charge in [0.1, 0.15) is 17.9 Å². The topological polar surface area (TPSA) is 163 Å². The predicted octanol–water partition coefficient (Wildman–Crippen LogP) is 0.434. The number of aliphatic hydroxyl groups is 1. The van der Waals surface area contributed by atoms with Gasteiger partial charge in [0.2, 0.25) is 11.8 Å². The molecule has 7 unspecified atom stereocenters. The molecule has 0 saturated carbocycles. The van der Waals surface area contributed by atoms with E-state index in [-0.39, 0.29) is 17.7 Å². The van der Waals surface area contributed by atoms with E-state index < -0.39 is 66.0 Å². The second-order valence-electron chi connectivity index (χ2n) is 9.88. The third kappa shape index (κ3) is 6.55. The summed E-state index contributed by atoms with van der Waals surface area (Å²) >= 11 is 0. The van der Waals surface area contributed by atoms with Crippen LogP contribution in [0.1, 0.15) is 36.2 Å². The summed E-state index contributed by atoms with van der Waals surface area (Å²) in [7, 11) is 0. The maximum Gasteiger partial charge on any atom is 0.331 e. The van der Waals surface area contributed by atoms with E-state index in [0.29, 0.717) is 13.0 Å². The first-order chi connectivity index (χ1) is 18.7. The molecule has 11 nitrogen and oxygen atoms in total. The fourth-order valence-electron chi connectivity index (χ4n) is 4.61. The monoisotopic (exact) mass is 539 g/mol. The average molecular weight is 540 g/mol. The van der Waals surface area contributed by atoms with E-state index in [1.54, 1.807) is 12.1 Å². The van der Waals surface area contributed by atoms with Crippen molar-refractivity contribution in [3.05, 3.63) is 65.7 Å². The van der Waals surface area contributed by atoms with Gasteiger partial charge in [0, 0.05) is 6.61 Å². The third-order valence-corrected chi connectivity index (χ3v) is 7.11. The van der Waals surface area contributed by atoms with Crippen LogP contribution in [0.5, 0.6) is 5.75 Å². The molecule has 2 aromatic carbocycles. The van der Waals surface area contributed by atoms with Crippen molar-refractivity contribution in [3.63, 3.8) is 0 Å². The van der Waals surface area contributed by atoms with Gasteiger partial charge in [0.15, 0.2) is 6.04 Å². The van der Waals surface area contributed by atoms with Gasteiger partial charge >= 0.3 is 5.97 Å². The van der Waals surface area contributed by atoms with Crippen LogP contribution in [0, 0.1) is 5.92 Å². The molecule has 3 amide bonds. The van der Waals surface area contributed by atoms with Crippen LogP contribution in [0.15, 0.2) is 54.6 Å². The Balaban J connectivity index is 1.67. The van der Waals surface area contributed by atoms with Crippen LogP contribution in [0.25, 0.3) is 0 Å². The number of phenols is 1. The van der Waals surface area contributed by atoms with Crippen molar-refractivity contribution in [1.29, 1.82) is 0 Å². The molecule has 0 aliphatic carbocycles. The number of ether oxygens (including phenoxy) is 2. The third-order valence-electron chi connectivity index (χ3n) is 7.11. The van der Waals surface area contributed by atoms with Crippen molar-refractivity contribution in [2.45, 2.75) is 63.1 Å². The van der Waals surface area contributed by atoms with E-state index in [9.17, 15) is 29.4 Å². The molecule has 4 rings (SSSR count). The number of hydrogen-bond donors (Lipinski definition) is 5. The van der Waals surface area contributed by atoms with E-state index in [1.807, 2.05) is 30.3 Å². The van der Waals surface area contributed by atoms with Gasteiger partial charge in [-0.1, -0.05) is 49.4 Å². The van der Waals surface area contributed by atoms with E-state index in [0.717, 1.165) is 5.56 Å². The van der Waals surface area contributed by atoms with Gasteiger partial charge < -0.3 is 35.6 Å². The summed E-state index contributed by atoms with van der Waals surface area (Å²) in [5.74, 6) is -4.22. The molecule has 0 bridgehead atoms. The lowest BCUT2D eigenvalue weighted by atomic mass is 9.91. The summed E-state index contributed by atoms with van der Waals surface area (Å²) in [5, 5.41) is 29.3. The normalized spacial score (nSPS) is 29.9. The Hall–Kier alpha value is -3.96. The lowest BCUT2D eigenvalue weighted by Gasteiger charge is -2.37. The van der Waals surface area contributed by atoms with Gasteiger partial charge in [-0.2, -0.15) is 0 Å². The summed E-state index contributed by atoms with van der Waals surface area (Å²) in [6, 6.07) is 11.5. The predicted molar refractivity (Wildman–Crippen MR) is 138 cm³/mol. The maximum absolute atomic E-state index is 13.6. The molecular weight excluding hydrogens is 506 g/mol. The number of para-hydroxylation sites is 1. The van der Waals surface area contributed by atoms with Crippen LogP contribution < -0.4 is 16.0 Å². The van der Waals surface area contributed by atoms with E-state index >= 15 is 0 Å². The molecule has 7 atom stereocenters. The van der Waals surface area contributed by atoms with E-state index in [1.165, 1.54) is 26.0 Å². The van der Waals surface area contributed by atoms with Crippen LogP contribution in [-0.2, 0) is 30.3 Å². The van der Waals surface area contributed by atoms with Crippen molar-refractivity contribution in [1.82, 2.24) is 16.0 Å². The number of benzene rings is 2. The standard InChI is InChI=1S/C28H33N3O8/c1-15-24(33)19(14-17-8-4-3-5-9-17)29-27(36)22(30-26(35)18-10-6-7-11-20(18)32)16(2)39-28(37)23(31-25(15)34)21-12-13-38-21/h3-11,15-16,19,21-24,32-33H,12-14H2,1-2H3,(H,29,36)(H,30,35)(H,31,34). The van der Waals surface area contributed by atoms with Gasteiger partial charge in [-0.25, -0.2) is 4.79 Å². The van der Waals surface area contributed by atoms with Crippen molar-refractivity contribution in [3.8, 4) is 5.75 Å². The van der Waals surface area contributed by atoms with Gasteiger partial charge in [-0.3, -0.25) is 14.4 Å². The first kappa shape index (κ1) is 28.1. The Morgan fingerprint density at radius 1 is 1.00 bits per heavy atom. The Kier molecular flexibility index (Phi) is 8.82. The minimum atomic E-state index is -1.39. The minimum Gasteiger partial charge on any atom is -0.507 e. The number of phenolic OH excluding ortho intramolecular Hbond substituents is 1. The van der Waals surface area contributed by atoms with Crippen LogP contribution in [0.2, 0.25) is 0 Å². The number of amides is 3. The van der Waals surface area contributed by atoms with Crippen molar-refractivity contribution < 1.29 is 38.9 Å². The number of cyclic esters (lactones) is 1. The first-order valence-corrected chi connectivity index (χ1v) is 12.9. The molecule has 2 aliphatic rings. The number of nitrogens with one attached hydrogen (secondary N) is 3. The second kappa shape index (κ2) is 12.3. The number of rotatable bonds is 5. The highest BCUT2D eigenvalue weighted by atomic mass is 16.6. The minimum absolute atomic E-state index is 0.0718. The molecule has 208 valence electrons. The highest BCUT2D eigenvalue weighted by Crippen LogP contribution is 2.21. The molecule has 11 heteroatoms. The molecule has 5 N–H and O–H groups in total. The van der Waals surface area contributed by atoms with Crippen molar-refractivity contribution >= 4 is 23.7 Å². The van der Waals surface area contributed by atoms with Crippen LogP contribution in [0.4, 0.5) is 0 Å². The number of carbonyl (C=O) groups excluding carboxylic acids is 4. The number of aromatic hydroxyl groups is 1. The Morgan fingerprint density at radius 3 is 2.31 bits per heavy atom. The van der Waals surface area contributed by atoms with Gasteiger partial charge in [0.05, 0.1) is 29.7 Å². The smallest absolute Gasteiger partial charge is 0.331 e. The number of carbonyl (C=O) groups is 4. The summed E-state index contributed by atoms with van der Waals surface area (Å²) < 4.78 is 11.0. The molecule has 2 aliphatic heterocycles. The van der Waals surface area contributed by atoms with Gasteiger partial charge in [0.25, 0.3) is 5.91 Å². The Bertz CT molecular complexity index is 1200. The fraction of sp³-hybridized carbons (Fsp3) is 0.429. The Morgan fingerprint density at radius 2 is 1.67 bits per heavy atom. The number of hydrogen-bond acceptors (Lipinski definition) is 8. The fourth-order valence-corrected chi connectivity index (χ4v) is 4.61. The maximum atomic E-state index is 13.6. The molecule has 0 radical (unpaired) electrons. The number of aliphatic hydroxyl groups excluding tert-OH is 1. The zero-order valence-corrected chi connectivity index (χ0v) is 21.7. The average Bonchev–Trinajstić information content (AvgIpc) is 2.89. The molecule has 0 spiro atoms. The number of esters is 1. The SMILES string of the molecule is CC1OC(=O)C(C2CCO2)NC(=O)C(C)C(O)C(Cc2ccccc2)NC(=O)C1NC(=O)c1ccccc1O. The van der Waals surface area contributed by atoms with Crippen molar-refractivity contribution in [2.24, 2.45) is 5.92 Å².